The van der Waals surface area contributed by atoms with Gasteiger partial charge in [0, 0.05) is 11.9 Å². The van der Waals surface area contributed by atoms with Gasteiger partial charge in [0.05, 0.1) is 5.69 Å². The van der Waals surface area contributed by atoms with E-state index in [2.05, 4.69) is 9.97 Å². The fourth-order valence-electron chi connectivity index (χ4n) is 1.22. The smallest absolute Gasteiger partial charge is 0.138 e. The second kappa shape index (κ2) is 3.01. The number of nitrogens with zero attached hydrogens (tertiary/aromatic N) is 3. The Bertz CT molecular complexity index is 418. The number of imidazole rings is 1. The summed E-state index contributed by atoms with van der Waals surface area (Å²) in [5.41, 5.74) is 2.02. The molecule has 0 unspecified atom stereocenters. The largest absolute Gasteiger partial charge is 0.290 e. The van der Waals surface area contributed by atoms with Gasteiger partial charge in [-0.15, -0.1) is 0 Å². The molecule has 0 bridgehead atoms. The first-order valence-electron chi connectivity index (χ1n) is 4.20. The molecule has 2 aromatic rings. The van der Waals surface area contributed by atoms with Crippen LogP contribution in [0.15, 0.2) is 30.7 Å². The summed E-state index contributed by atoms with van der Waals surface area (Å²) < 4.78 is 1.92. The number of aromatic nitrogens is 3. The average molecular weight is 173 g/mol. The summed E-state index contributed by atoms with van der Waals surface area (Å²) in [6.07, 6.45) is 3.74. The van der Waals surface area contributed by atoms with Crippen LogP contribution in [0.2, 0.25) is 0 Å². The van der Waals surface area contributed by atoms with Crippen LogP contribution in [0.4, 0.5) is 0 Å². The highest BCUT2D eigenvalue weighted by Crippen LogP contribution is 2.05. The lowest BCUT2D eigenvalue weighted by Crippen LogP contribution is -1.94. The van der Waals surface area contributed by atoms with Crippen molar-refractivity contribution in [3.63, 3.8) is 0 Å². The number of hydrogen-bond donors (Lipinski definition) is 0. The molecule has 0 aliphatic rings. The van der Waals surface area contributed by atoms with Crippen molar-refractivity contribution < 1.29 is 0 Å². The van der Waals surface area contributed by atoms with E-state index in [9.17, 15) is 0 Å². The molecule has 0 atom stereocenters. The standard InChI is InChI=1S/C10H11N3/c1-8-4-3-5-10(12-8)13-6-9(2)11-7-13/h3-7H,1-2H3. The molecule has 3 heteroatoms. The Hall–Kier alpha value is -1.64. The molecule has 2 heterocycles. The molecule has 2 rings (SSSR count). The van der Waals surface area contributed by atoms with E-state index in [0.717, 1.165) is 17.2 Å². The third-order valence-electron chi connectivity index (χ3n) is 1.85. The maximum Gasteiger partial charge on any atom is 0.138 e. The molecule has 0 aliphatic carbocycles. The van der Waals surface area contributed by atoms with Gasteiger partial charge >= 0.3 is 0 Å². The normalized spacial score (nSPS) is 10.3. The van der Waals surface area contributed by atoms with Gasteiger partial charge in [-0.05, 0) is 26.0 Å². The first-order chi connectivity index (χ1) is 6.25. The molecule has 0 saturated carbocycles. The van der Waals surface area contributed by atoms with E-state index in [1.165, 1.54) is 0 Å². The van der Waals surface area contributed by atoms with Crippen LogP contribution in [0.1, 0.15) is 11.4 Å². The van der Waals surface area contributed by atoms with E-state index in [1.54, 1.807) is 6.33 Å². The minimum Gasteiger partial charge on any atom is -0.290 e. The Morgan fingerprint density at radius 3 is 2.62 bits per heavy atom. The maximum atomic E-state index is 4.38. The third kappa shape index (κ3) is 1.59. The Labute approximate surface area is 77.1 Å². The van der Waals surface area contributed by atoms with Gasteiger partial charge in [-0.25, -0.2) is 9.97 Å². The van der Waals surface area contributed by atoms with Crippen molar-refractivity contribution in [3.05, 3.63) is 42.1 Å². The lowest BCUT2D eigenvalue weighted by molar-refractivity contribution is 0.975. The van der Waals surface area contributed by atoms with E-state index in [-0.39, 0.29) is 0 Å². The Morgan fingerprint density at radius 2 is 2.00 bits per heavy atom. The van der Waals surface area contributed by atoms with E-state index in [1.807, 2.05) is 42.8 Å². The van der Waals surface area contributed by atoms with Crippen LogP contribution in [-0.4, -0.2) is 14.5 Å². The molecular weight excluding hydrogens is 162 g/mol. The molecule has 0 aromatic carbocycles. The fourth-order valence-corrected chi connectivity index (χ4v) is 1.22. The summed E-state index contributed by atoms with van der Waals surface area (Å²) >= 11 is 0. The SMILES string of the molecule is Cc1cn(-c2cccc(C)n2)cn1. The predicted octanol–water partition coefficient (Wildman–Crippen LogP) is 1.88. The van der Waals surface area contributed by atoms with E-state index < -0.39 is 0 Å². The van der Waals surface area contributed by atoms with Crippen LogP contribution in [0.5, 0.6) is 0 Å². The lowest BCUT2D eigenvalue weighted by atomic mass is 10.4. The van der Waals surface area contributed by atoms with E-state index >= 15 is 0 Å². The molecule has 0 aliphatic heterocycles. The van der Waals surface area contributed by atoms with Crippen molar-refractivity contribution >= 4 is 0 Å². The summed E-state index contributed by atoms with van der Waals surface area (Å²) in [5.74, 6) is 0.917. The second-order valence-electron chi connectivity index (χ2n) is 3.06. The third-order valence-corrected chi connectivity index (χ3v) is 1.85. The quantitative estimate of drug-likeness (QED) is 0.659. The minimum atomic E-state index is 0.917. The van der Waals surface area contributed by atoms with Crippen molar-refractivity contribution in [2.45, 2.75) is 13.8 Å². The first-order valence-corrected chi connectivity index (χ1v) is 4.20. The van der Waals surface area contributed by atoms with Gasteiger partial charge in [0.1, 0.15) is 12.1 Å². The van der Waals surface area contributed by atoms with Gasteiger partial charge < -0.3 is 0 Å². The first kappa shape index (κ1) is 7.98. The molecule has 0 radical (unpaired) electrons. The van der Waals surface area contributed by atoms with Crippen LogP contribution < -0.4 is 0 Å². The van der Waals surface area contributed by atoms with Crippen molar-refractivity contribution in [1.82, 2.24) is 14.5 Å². The van der Waals surface area contributed by atoms with Gasteiger partial charge in [-0.3, -0.25) is 4.57 Å². The molecule has 0 fully saturated rings. The lowest BCUT2D eigenvalue weighted by Gasteiger charge is -2.00. The zero-order chi connectivity index (χ0) is 9.26. The van der Waals surface area contributed by atoms with Gasteiger partial charge in [0.25, 0.3) is 0 Å². The summed E-state index contributed by atoms with van der Waals surface area (Å²) in [4.78, 5) is 8.53. The highest BCUT2D eigenvalue weighted by Gasteiger charge is 1.97. The van der Waals surface area contributed by atoms with Gasteiger partial charge in [-0.2, -0.15) is 0 Å². The van der Waals surface area contributed by atoms with Gasteiger partial charge in [0.2, 0.25) is 0 Å². The molecule has 3 nitrogen and oxygen atoms in total. The molecule has 0 N–H and O–H groups in total. The monoisotopic (exact) mass is 173 g/mol. The van der Waals surface area contributed by atoms with Crippen molar-refractivity contribution in [2.75, 3.05) is 0 Å². The molecule has 0 saturated heterocycles. The maximum absolute atomic E-state index is 4.38. The van der Waals surface area contributed by atoms with Crippen LogP contribution in [0, 0.1) is 13.8 Å². The highest BCUT2D eigenvalue weighted by molar-refractivity contribution is 5.24. The van der Waals surface area contributed by atoms with Crippen molar-refractivity contribution in [3.8, 4) is 5.82 Å². The van der Waals surface area contributed by atoms with Crippen molar-refractivity contribution in [2.24, 2.45) is 0 Å². The topological polar surface area (TPSA) is 30.7 Å². The molecule has 13 heavy (non-hydrogen) atoms. The van der Waals surface area contributed by atoms with Gasteiger partial charge in [0.15, 0.2) is 0 Å². The zero-order valence-electron chi connectivity index (χ0n) is 7.73. The van der Waals surface area contributed by atoms with Crippen molar-refractivity contribution in [1.29, 1.82) is 0 Å². The predicted molar refractivity (Wildman–Crippen MR) is 50.8 cm³/mol. The zero-order valence-corrected chi connectivity index (χ0v) is 7.73. The molecule has 2 aromatic heterocycles. The van der Waals surface area contributed by atoms with Crippen LogP contribution in [-0.2, 0) is 0 Å². The second-order valence-corrected chi connectivity index (χ2v) is 3.06. The van der Waals surface area contributed by atoms with Crippen LogP contribution in [0.25, 0.3) is 5.82 Å². The highest BCUT2D eigenvalue weighted by atomic mass is 15.1. The average Bonchev–Trinajstić information content (AvgIpc) is 2.52. The molecule has 0 amide bonds. The number of rotatable bonds is 1. The minimum absolute atomic E-state index is 0.917. The summed E-state index contributed by atoms with van der Waals surface area (Å²) in [5, 5.41) is 0. The Kier molecular flexibility index (Phi) is 1.85. The summed E-state index contributed by atoms with van der Waals surface area (Å²) in [7, 11) is 0. The molecule has 0 spiro atoms. The fraction of sp³-hybridized carbons (Fsp3) is 0.200. The summed E-state index contributed by atoms with van der Waals surface area (Å²) in [6, 6.07) is 5.94. The van der Waals surface area contributed by atoms with E-state index in [0.29, 0.717) is 0 Å². The Morgan fingerprint density at radius 1 is 1.15 bits per heavy atom. The van der Waals surface area contributed by atoms with E-state index in [4.69, 9.17) is 0 Å². The number of hydrogen-bond acceptors (Lipinski definition) is 2. The van der Waals surface area contributed by atoms with Crippen LogP contribution in [0.3, 0.4) is 0 Å². The molecule has 66 valence electrons. The number of aryl methyl sites for hydroxylation is 2. The van der Waals surface area contributed by atoms with Crippen LogP contribution >= 0.6 is 0 Å². The molecular formula is C10H11N3. The van der Waals surface area contributed by atoms with Gasteiger partial charge in [-0.1, -0.05) is 6.07 Å². The summed E-state index contributed by atoms with van der Waals surface area (Å²) in [6.45, 7) is 3.94. The Balaban J connectivity index is 2.46. The number of pyridine rings is 1.